The first-order valence-electron chi connectivity index (χ1n) is 6.29. The highest BCUT2D eigenvalue weighted by molar-refractivity contribution is 5.86. The number of likely N-dealkylation sites (N-methyl/N-ethyl adjacent to an activating group) is 2. The molecule has 0 saturated carbocycles. The Hall–Kier alpha value is -1.79. The van der Waals surface area contributed by atoms with Gasteiger partial charge in [0, 0.05) is 27.7 Å². The maximum absolute atomic E-state index is 12.2. The molecule has 108 valence electrons. The van der Waals surface area contributed by atoms with Crippen molar-refractivity contribution in [1.29, 1.82) is 0 Å². The first-order valence-corrected chi connectivity index (χ1v) is 6.29. The van der Waals surface area contributed by atoms with Gasteiger partial charge in [0.1, 0.15) is 12.6 Å². The van der Waals surface area contributed by atoms with Crippen LogP contribution in [-0.2, 0) is 9.59 Å². The molecule has 0 spiro atoms. The van der Waals surface area contributed by atoms with E-state index in [-0.39, 0.29) is 12.5 Å². The second-order valence-electron chi connectivity index (χ2n) is 4.97. The summed E-state index contributed by atoms with van der Waals surface area (Å²) in [5.74, 6) is -1.18. The van der Waals surface area contributed by atoms with Crippen molar-refractivity contribution < 1.29 is 19.5 Å². The van der Waals surface area contributed by atoms with E-state index in [1.165, 1.54) is 21.7 Å². The lowest BCUT2D eigenvalue weighted by Gasteiger charge is -2.35. The number of carbonyl (C=O) groups excluding carboxylic acids is 2. The van der Waals surface area contributed by atoms with Gasteiger partial charge in [0.2, 0.25) is 5.91 Å². The lowest BCUT2D eigenvalue weighted by atomic mass is 10.0. The minimum absolute atomic E-state index is 0.0470. The van der Waals surface area contributed by atoms with Crippen LogP contribution in [0, 0.1) is 0 Å². The van der Waals surface area contributed by atoms with Gasteiger partial charge in [0.15, 0.2) is 0 Å². The topological polar surface area (TPSA) is 81.2 Å². The van der Waals surface area contributed by atoms with Crippen molar-refractivity contribution in [2.45, 2.75) is 25.3 Å². The molecule has 1 aliphatic heterocycles. The third-order valence-corrected chi connectivity index (χ3v) is 3.23. The summed E-state index contributed by atoms with van der Waals surface area (Å²) in [6, 6.07) is -1.18. The highest BCUT2D eigenvalue weighted by atomic mass is 16.4. The molecule has 0 bridgehead atoms. The van der Waals surface area contributed by atoms with E-state index in [4.69, 9.17) is 5.11 Å². The smallest absolute Gasteiger partial charge is 0.326 e. The number of carbonyl (C=O) groups is 3. The number of carboxylic acid groups (broad SMARTS) is 1. The zero-order valence-corrected chi connectivity index (χ0v) is 11.6. The van der Waals surface area contributed by atoms with Crippen molar-refractivity contribution in [2.75, 3.05) is 34.2 Å². The molecular formula is C12H21N3O4. The standard InChI is InChI=1S/C12H21N3O4/c1-13(2)10(16)8-14(3)12(19)15-7-5-4-6-9(15)11(17)18/h9H,4-8H2,1-3H3,(H,17,18). The number of likely N-dealkylation sites (tertiary alicyclic amines) is 1. The van der Waals surface area contributed by atoms with Crippen molar-refractivity contribution in [3.8, 4) is 0 Å². The molecule has 0 aromatic heterocycles. The van der Waals surface area contributed by atoms with Crippen LogP contribution in [0.5, 0.6) is 0 Å². The predicted molar refractivity (Wildman–Crippen MR) is 68.7 cm³/mol. The van der Waals surface area contributed by atoms with Gasteiger partial charge in [-0.3, -0.25) is 4.79 Å². The van der Waals surface area contributed by atoms with Crippen LogP contribution in [0.3, 0.4) is 0 Å². The fraction of sp³-hybridized carbons (Fsp3) is 0.750. The average molecular weight is 271 g/mol. The summed E-state index contributed by atoms with van der Waals surface area (Å²) in [7, 11) is 4.74. The Balaban J connectivity index is 2.68. The van der Waals surface area contributed by atoms with E-state index in [0.29, 0.717) is 13.0 Å². The van der Waals surface area contributed by atoms with Crippen molar-refractivity contribution >= 4 is 17.9 Å². The fourth-order valence-electron chi connectivity index (χ4n) is 2.05. The quantitative estimate of drug-likeness (QED) is 0.787. The molecule has 1 unspecified atom stereocenters. The molecule has 19 heavy (non-hydrogen) atoms. The van der Waals surface area contributed by atoms with Crippen LogP contribution in [0.4, 0.5) is 4.79 Å². The number of rotatable bonds is 3. The zero-order chi connectivity index (χ0) is 14.6. The fourth-order valence-corrected chi connectivity index (χ4v) is 2.05. The van der Waals surface area contributed by atoms with E-state index < -0.39 is 18.0 Å². The van der Waals surface area contributed by atoms with Crippen molar-refractivity contribution in [3.05, 3.63) is 0 Å². The van der Waals surface area contributed by atoms with Crippen LogP contribution in [-0.4, -0.2) is 78.0 Å². The summed E-state index contributed by atoms with van der Waals surface area (Å²) in [4.78, 5) is 38.9. The van der Waals surface area contributed by atoms with Crippen molar-refractivity contribution in [2.24, 2.45) is 0 Å². The van der Waals surface area contributed by atoms with E-state index in [1.807, 2.05) is 0 Å². The van der Waals surface area contributed by atoms with Gasteiger partial charge in [-0.2, -0.15) is 0 Å². The summed E-state index contributed by atoms with van der Waals surface area (Å²) < 4.78 is 0. The Labute approximate surface area is 112 Å². The van der Waals surface area contributed by atoms with Gasteiger partial charge in [0.05, 0.1) is 0 Å². The first kappa shape index (κ1) is 15.3. The number of hydrogen-bond acceptors (Lipinski definition) is 3. The largest absolute Gasteiger partial charge is 0.480 e. The number of urea groups is 1. The molecule has 1 atom stereocenters. The predicted octanol–water partition coefficient (Wildman–Crippen LogP) is 0.0655. The molecule has 1 fully saturated rings. The van der Waals surface area contributed by atoms with E-state index >= 15 is 0 Å². The first-order chi connectivity index (χ1) is 8.84. The zero-order valence-electron chi connectivity index (χ0n) is 11.6. The highest BCUT2D eigenvalue weighted by Gasteiger charge is 2.33. The molecule has 1 rings (SSSR count). The summed E-state index contributed by atoms with van der Waals surface area (Å²) >= 11 is 0. The molecule has 0 aromatic rings. The number of amides is 3. The molecule has 0 aliphatic carbocycles. The van der Waals surface area contributed by atoms with Crippen LogP contribution >= 0.6 is 0 Å². The van der Waals surface area contributed by atoms with Gasteiger partial charge >= 0.3 is 12.0 Å². The molecule has 1 aliphatic rings. The number of aliphatic carboxylic acids is 1. The lowest BCUT2D eigenvalue weighted by molar-refractivity contribution is -0.143. The summed E-state index contributed by atoms with van der Waals surface area (Å²) in [5, 5.41) is 9.12. The van der Waals surface area contributed by atoms with Gasteiger partial charge < -0.3 is 19.8 Å². The molecular weight excluding hydrogens is 250 g/mol. The molecule has 7 nitrogen and oxygen atoms in total. The van der Waals surface area contributed by atoms with Crippen LogP contribution < -0.4 is 0 Å². The number of nitrogens with zero attached hydrogens (tertiary/aromatic N) is 3. The second kappa shape index (κ2) is 6.40. The van der Waals surface area contributed by atoms with E-state index in [0.717, 1.165) is 12.8 Å². The molecule has 1 saturated heterocycles. The van der Waals surface area contributed by atoms with Gasteiger partial charge in [-0.25, -0.2) is 9.59 Å². The molecule has 7 heteroatoms. The Kier molecular flexibility index (Phi) is 5.14. The third kappa shape index (κ3) is 3.84. The Morgan fingerprint density at radius 2 is 1.84 bits per heavy atom. The normalized spacial score (nSPS) is 18.9. The molecule has 0 aromatic carbocycles. The van der Waals surface area contributed by atoms with Crippen molar-refractivity contribution in [1.82, 2.24) is 14.7 Å². The van der Waals surface area contributed by atoms with Gasteiger partial charge in [0.25, 0.3) is 0 Å². The molecule has 0 radical (unpaired) electrons. The monoisotopic (exact) mass is 271 g/mol. The van der Waals surface area contributed by atoms with Gasteiger partial charge in [-0.1, -0.05) is 0 Å². The Morgan fingerprint density at radius 1 is 1.21 bits per heavy atom. The van der Waals surface area contributed by atoms with Crippen LogP contribution in [0.2, 0.25) is 0 Å². The minimum Gasteiger partial charge on any atom is -0.480 e. The Bertz CT molecular complexity index is 370. The van der Waals surface area contributed by atoms with Crippen LogP contribution in [0.25, 0.3) is 0 Å². The van der Waals surface area contributed by atoms with Gasteiger partial charge in [-0.15, -0.1) is 0 Å². The van der Waals surface area contributed by atoms with E-state index in [1.54, 1.807) is 14.1 Å². The molecule has 1 N–H and O–H groups in total. The number of piperidine rings is 1. The highest BCUT2D eigenvalue weighted by Crippen LogP contribution is 2.18. The molecule has 3 amide bonds. The SMILES string of the molecule is CN(C)C(=O)CN(C)C(=O)N1CCCCC1C(=O)O. The average Bonchev–Trinajstić information content (AvgIpc) is 2.37. The summed E-state index contributed by atoms with van der Waals surface area (Å²) in [6.45, 7) is 0.380. The summed E-state index contributed by atoms with van der Waals surface area (Å²) in [5.41, 5.74) is 0. The van der Waals surface area contributed by atoms with E-state index in [9.17, 15) is 14.4 Å². The van der Waals surface area contributed by atoms with Crippen LogP contribution in [0.1, 0.15) is 19.3 Å². The number of hydrogen-bond donors (Lipinski definition) is 1. The summed E-state index contributed by atoms with van der Waals surface area (Å²) in [6.07, 6.45) is 2.07. The third-order valence-electron chi connectivity index (χ3n) is 3.23. The van der Waals surface area contributed by atoms with Gasteiger partial charge in [-0.05, 0) is 19.3 Å². The van der Waals surface area contributed by atoms with E-state index in [2.05, 4.69) is 0 Å². The maximum atomic E-state index is 12.2. The number of carboxylic acids is 1. The molecule has 1 heterocycles. The second-order valence-corrected chi connectivity index (χ2v) is 4.97. The van der Waals surface area contributed by atoms with Crippen molar-refractivity contribution in [3.63, 3.8) is 0 Å². The minimum atomic E-state index is -0.986. The van der Waals surface area contributed by atoms with Crippen LogP contribution in [0.15, 0.2) is 0 Å². The Morgan fingerprint density at radius 3 is 2.37 bits per heavy atom. The maximum Gasteiger partial charge on any atom is 0.326 e. The lowest BCUT2D eigenvalue weighted by Crippen LogP contribution is -2.53.